The van der Waals surface area contributed by atoms with Gasteiger partial charge in [-0.05, 0) is 57.1 Å². The fourth-order valence-corrected chi connectivity index (χ4v) is 10.0. The lowest BCUT2D eigenvalue weighted by Gasteiger charge is -2.21. The van der Waals surface area contributed by atoms with Crippen molar-refractivity contribution in [1.29, 1.82) is 0 Å². The third-order valence-electron chi connectivity index (χ3n) is 9.82. The molecule has 2 saturated heterocycles. The molecule has 2 N–H and O–H groups in total. The molecule has 4 aliphatic rings. The molecule has 48 heavy (non-hydrogen) atoms. The number of amides is 2. The van der Waals surface area contributed by atoms with Crippen LogP contribution in [0.15, 0.2) is 29.3 Å². The Labute approximate surface area is 282 Å². The van der Waals surface area contributed by atoms with Gasteiger partial charge in [-0.15, -0.1) is 0 Å². The molecule has 2 aromatic carbocycles. The van der Waals surface area contributed by atoms with Gasteiger partial charge in [-0.1, -0.05) is 0 Å². The number of methoxy groups -OCH3 is 2. The Morgan fingerprint density at radius 2 is 1.46 bits per heavy atom. The van der Waals surface area contributed by atoms with Crippen molar-refractivity contribution in [3.8, 4) is 23.0 Å². The zero-order valence-corrected chi connectivity index (χ0v) is 28.8. The summed E-state index contributed by atoms with van der Waals surface area (Å²) < 4.78 is 37.3. The van der Waals surface area contributed by atoms with Gasteiger partial charge in [0.05, 0.1) is 63.1 Å². The van der Waals surface area contributed by atoms with Crippen molar-refractivity contribution in [2.45, 2.75) is 57.0 Å². The Balaban J connectivity index is 1.04. The first-order valence-corrected chi connectivity index (χ1v) is 19.4. The van der Waals surface area contributed by atoms with E-state index >= 15 is 0 Å². The summed E-state index contributed by atoms with van der Waals surface area (Å²) in [5.41, 5.74) is 2.39. The Morgan fingerprint density at radius 3 is 2.17 bits per heavy atom. The third kappa shape index (κ3) is 7.29. The largest absolute Gasteiger partial charge is 0.493 e. The highest BCUT2D eigenvalue weighted by atomic mass is 31.2. The highest BCUT2D eigenvalue weighted by Crippen LogP contribution is 2.48. The number of aliphatic hydroxyl groups is 1. The van der Waals surface area contributed by atoms with Crippen LogP contribution in [0.4, 0.5) is 11.4 Å². The van der Waals surface area contributed by atoms with Gasteiger partial charge in [-0.25, -0.2) is 0 Å². The minimum atomic E-state index is -2.62. The Morgan fingerprint density at radius 1 is 0.833 bits per heavy atom. The highest BCUT2D eigenvalue weighted by Gasteiger charge is 2.35. The fraction of sp³-hybridized carbons (Fsp3) is 0.571. The average molecular weight is 683 g/mol. The summed E-state index contributed by atoms with van der Waals surface area (Å²) in [5, 5.41) is 12.9. The fourth-order valence-electron chi connectivity index (χ4n) is 7.24. The van der Waals surface area contributed by atoms with Crippen molar-refractivity contribution in [2.24, 2.45) is 4.99 Å². The van der Waals surface area contributed by atoms with E-state index < -0.39 is 7.14 Å². The first kappa shape index (κ1) is 34.1. The summed E-state index contributed by atoms with van der Waals surface area (Å²) in [6.45, 7) is 2.83. The standard InChI is InChI=1S/C35H47N4O8P/c1-44-30-18-26-28(36-22-24-8-3-10-38(24)34(26)41)20-32(30)46-13-6-16-48(43,15-5-12-40)17-7-14-47-33-21-29-27(19-31(33)45-2)35(42)39-11-4-9-25(39)23-37-29/h18-22,24-25,37,40H,3-17,23H2,1-2H3/t24?,25-,48?/m0/s1. The molecule has 4 heterocycles. The first-order valence-electron chi connectivity index (χ1n) is 17.1. The van der Waals surface area contributed by atoms with Crippen LogP contribution in [-0.2, 0) is 4.57 Å². The Bertz CT molecular complexity index is 1580. The summed E-state index contributed by atoms with van der Waals surface area (Å²) in [6, 6.07) is 7.24. The highest BCUT2D eigenvalue weighted by molar-refractivity contribution is 7.63. The summed E-state index contributed by atoms with van der Waals surface area (Å²) in [6.07, 6.45) is 8.72. The Kier molecular flexibility index (Phi) is 10.8. The molecule has 12 nitrogen and oxygen atoms in total. The summed E-state index contributed by atoms with van der Waals surface area (Å²) in [5.74, 6) is 1.96. The number of nitrogens with one attached hydrogen (secondary N) is 1. The van der Waals surface area contributed by atoms with Gasteiger partial charge in [0.2, 0.25) is 0 Å². The van der Waals surface area contributed by atoms with Gasteiger partial charge in [-0.2, -0.15) is 0 Å². The number of aliphatic imine (C=N–C) groups is 1. The second kappa shape index (κ2) is 15.2. The van der Waals surface area contributed by atoms with Crippen LogP contribution in [0.25, 0.3) is 0 Å². The molecule has 13 heteroatoms. The van der Waals surface area contributed by atoms with Gasteiger partial charge in [0, 0.05) is 69.1 Å². The molecule has 0 aromatic heterocycles. The molecule has 0 aliphatic carbocycles. The van der Waals surface area contributed by atoms with E-state index in [9.17, 15) is 19.3 Å². The topological polar surface area (TPSA) is 139 Å². The van der Waals surface area contributed by atoms with Gasteiger partial charge in [0.1, 0.15) is 0 Å². The Hall–Kier alpha value is -3.76. The van der Waals surface area contributed by atoms with Crippen LogP contribution < -0.4 is 24.3 Å². The molecule has 4 aliphatic heterocycles. The minimum absolute atomic E-state index is 0.0144. The molecule has 2 amide bonds. The van der Waals surface area contributed by atoms with Crippen molar-refractivity contribution < 1.29 is 38.2 Å². The zero-order chi connectivity index (χ0) is 33.7. The maximum Gasteiger partial charge on any atom is 0.256 e. The lowest BCUT2D eigenvalue weighted by atomic mass is 10.1. The van der Waals surface area contributed by atoms with Crippen molar-refractivity contribution in [3.05, 3.63) is 35.4 Å². The normalized spacial score (nSPS) is 20.9. The maximum atomic E-state index is 14.0. The predicted octanol–water partition coefficient (Wildman–Crippen LogP) is 5.04. The number of carbonyl (C=O) groups is 2. The van der Waals surface area contributed by atoms with Gasteiger partial charge in [0.25, 0.3) is 11.8 Å². The second-order valence-electron chi connectivity index (χ2n) is 12.9. The summed E-state index contributed by atoms with van der Waals surface area (Å²) in [7, 11) is 0.481. The molecule has 0 spiro atoms. The van der Waals surface area contributed by atoms with Gasteiger partial charge < -0.3 is 43.7 Å². The van der Waals surface area contributed by atoms with E-state index in [4.69, 9.17) is 18.9 Å². The number of nitrogens with zero attached hydrogens (tertiary/aromatic N) is 3. The number of aliphatic hydroxyl groups excluding tert-OH is 1. The van der Waals surface area contributed by atoms with Crippen LogP contribution >= 0.6 is 7.14 Å². The van der Waals surface area contributed by atoms with Crippen molar-refractivity contribution >= 4 is 36.5 Å². The number of carbonyl (C=O) groups excluding carboxylic acids is 2. The van der Waals surface area contributed by atoms with Crippen LogP contribution in [-0.4, -0.2) is 117 Å². The van der Waals surface area contributed by atoms with E-state index in [0.29, 0.717) is 97.3 Å². The smallest absolute Gasteiger partial charge is 0.256 e. The number of ether oxygens (including phenoxy) is 4. The predicted molar refractivity (Wildman–Crippen MR) is 185 cm³/mol. The van der Waals surface area contributed by atoms with Gasteiger partial charge in [-0.3, -0.25) is 14.6 Å². The van der Waals surface area contributed by atoms with E-state index in [0.717, 1.165) is 44.5 Å². The molecule has 2 unspecified atom stereocenters. The molecular weight excluding hydrogens is 635 g/mol. The SMILES string of the molecule is COc1cc2c(cc1OCCCP(=O)(CCCO)CCCOc1cc3c(cc1OC)C(=O)N1CCC[C@H]1CN3)N=CC1CCCN1C2=O. The van der Waals surface area contributed by atoms with Crippen molar-refractivity contribution in [3.63, 3.8) is 0 Å². The lowest BCUT2D eigenvalue weighted by molar-refractivity contribution is 0.0747. The third-order valence-corrected chi connectivity index (χ3v) is 13.2. The first-order chi connectivity index (χ1) is 23.3. The van der Waals surface area contributed by atoms with E-state index in [2.05, 4.69) is 10.3 Å². The van der Waals surface area contributed by atoms with E-state index in [-0.39, 0.29) is 30.5 Å². The average Bonchev–Trinajstić information content (AvgIpc) is 3.73. The molecule has 0 bridgehead atoms. The van der Waals surface area contributed by atoms with Gasteiger partial charge in [0.15, 0.2) is 23.0 Å². The minimum Gasteiger partial charge on any atom is -0.493 e. The van der Waals surface area contributed by atoms with Crippen LogP contribution in [0.1, 0.15) is 65.7 Å². The molecule has 2 fully saturated rings. The molecule has 6 rings (SSSR count). The van der Waals surface area contributed by atoms with E-state index in [1.54, 1.807) is 32.4 Å². The molecule has 3 atom stereocenters. The summed E-state index contributed by atoms with van der Waals surface area (Å²) in [4.78, 5) is 34.8. The van der Waals surface area contributed by atoms with Crippen LogP contribution in [0, 0.1) is 0 Å². The number of rotatable bonds is 15. The van der Waals surface area contributed by atoms with Crippen molar-refractivity contribution in [2.75, 3.05) is 77.5 Å². The number of anilines is 1. The second-order valence-corrected chi connectivity index (χ2v) is 16.4. The quantitative estimate of drug-likeness (QED) is 0.196. The van der Waals surface area contributed by atoms with Gasteiger partial charge >= 0.3 is 0 Å². The van der Waals surface area contributed by atoms with Crippen LogP contribution in [0.3, 0.4) is 0 Å². The van der Waals surface area contributed by atoms with E-state index in [1.165, 1.54) is 0 Å². The molecule has 2 aromatic rings. The molecule has 0 radical (unpaired) electrons. The van der Waals surface area contributed by atoms with Crippen LogP contribution in [0.5, 0.6) is 23.0 Å². The number of hydrogen-bond donors (Lipinski definition) is 2. The maximum absolute atomic E-state index is 14.0. The lowest BCUT2D eigenvalue weighted by Crippen LogP contribution is -2.36. The number of benzene rings is 2. The number of hydrogen-bond acceptors (Lipinski definition) is 10. The summed E-state index contributed by atoms with van der Waals surface area (Å²) >= 11 is 0. The van der Waals surface area contributed by atoms with E-state index in [1.807, 2.05) is 22.1 Å². The molecule has 260 valence electrons. The number of fused-ring (bicyclic) bond motifs is 4. The monoisotopic (exact) mass is 682 g/mol. The van der Waals surface area contributed by atoms with Crippen molar-refractivity contribution in [1.82, 2.24) is 9.80 Å². The van der Waals surface area contributed by atoms with Crippen LogP contribution in [0.2, 0.25) is 0 Å². The zero-order valence-electron chi connectivity index (χ0n) is 27.9. The molecular formula is C35H47N4O8P. The molecule has 0 saturated carbocycles.